The lowest BCUT2D eigenvalue weighted by molar-refractivity contribution is -0.133. The average Bonchev–Trinajstić information content (AvgIpc) is 3.18. The van der Waals surface area contributed by atoms with Gasteiger partial charge in [-0.3, -0.25) is 9.48 Å². The highest BCUT2D eigenvalue weighted by Gasteiger charge is 2.29. The minimum absolute atomic E-state index is 0. The number of nitrogens with one attached hydrogen (secondary N) is 1. The van der Waals surface area contributed by atoms with Gasteiger partial charge in [-0.1, -0.05) is 0 Å². The molecule has 1 amide bonds. The Labute approximate surface area is 144 Å². The molecule has 1 unspecified atom stereocenters. The first kappa shape index (κ1) is 19.3. The van der Waals surface area contributed by atoms with Crippen LogP contribution < -0.4 is 5.32 Å². The summed E-state index contributed by atoms with van der Waals surface area (Å²) in [7, 11) is 0. The summed E-state index contributed by atoms with van der Waals surface area (Å²) in [5, 5.41) is 7.73. The monoisotopic (exact) mass is 348 g/mol. The maximum atomic E-state index is 12.2. The number of likely N-dealkylation sites (tertiary alicyclic amines) is 1. The molecule has 0 saturated carbocycles. The highest BCUT2D eigenvalue weighted by Crippen LogP contribution is 2.25. The van der Waals surface area contributed by atoms with E-state index in [1.54, 1.807) is 6.20 Å². The summed E-state index contributed by atoms with van der Waals surface area (Å²) in [5.74, 6) is 1.05. The van der Waals surface area contributed by atoms with Gasteiger partial charge in [0, 0.05) is 44.5 Å². The molecule has 1 aromatic rings. The normalized spacial score (nSPS) is 22.0. The predicted octanol–water partition coefficient (Wildman–Crippen LogP) is 2.11. The summed E-state index contributed by atoms with van der Waals surface area (Å²) in [6.45, 7) is 3.73. The number of hydrogen-bond acceptors (Lipinski definition) is 3. The molecule has 1 atom stereocenters. The molecule has 5 nitrogen and oxygen atoms in total. The molecule has 0 radical (unpaired) electrons. The molecule has 2 aliphatic heterocycles. The SMILES string of the molecule is Cl.Cl.O=C(CCn1cccn1)N1CCC(C2CCCN2)CC1. The number of aromatic nitrogens is 2. The second-order valence-electron chi connectivity index (χ2n) is 5.94. The van der Waals surface area contributed by atoms with Crippen LogP contribution in [0.1, 0.15) is 32.1 Å². The number of piperidine rings is 1. The molecule has 1 N–H and O–H groups in total. The molecule has 2 fully saturated rings. The fourth-order valence-electron chi connectivity index (χ4n) is 3.47. The van der Waals surface area contributed by atoms with Gasteiger partial charge in [-0.15, -0.1) is 24.8 Å². The fourth-order valence-corrected chi connectivity index (χ4v) is 3.47. The third-order valence-electron chi connectivity index (χ3n) is 4.67. The van der Waals surface area contributed by atoms with Crippen LogP contribution >= 0.6 is 24.8 Å². The van der Waals surface area contributed by atoms with Crippen LogP contribution in [0.4, 0.5) is 0 Å². The van der Waals surface area contributed by atoms with Gasteiger partial charge in [0.1, 0.15) is 0 Å². The lowest BCUT2D eigenvalue weighted by Crippen LogP contribution is -2.43. The maximum Gasteiger partial charge on any atom is 0.224 e. The van der Waals surface area contributed by atoms with Gasteiger partial charge in [0.15, 0.2) is 0 Å². The molecule has 0 aliphatic carbocycles. The van der Waals surface area contributed by atoms with E-state index in [2.05, 4.69) is 10.4 Å². The van der Waals surface area contributed by atoms with Crippen molar-refractivity contribution in [1.82, 2.24) is 20.0 Å². The highest BCUT2D eigenvalue weighted by atomic mass is 35.5. The van der Waals surface area contributed by atoms with Crippen molar-refractivity contribution in [1.29, 1.82) is 0 Å². The first-order valence-corrected chi connectivity index (χ1v) is 7.81. The van der Waals surface area contributed by atoms with Crippen molar-refractivity contribution in [2.24, 2.45) is 5.92 Å². The smallest absolute Gasteiger partial charge is 0.224 e. The second-order valence-corrected chi connectivity index (χ2v) is 5.94. The van der Waals surface area contributed by atoms with E-state index < -0.39 is 0 Å². The van der Waals surface area contributed by atoms with Gasteiger partial charge < -0.3 is 10.2 Å². The number of carbonyl (C=O) groups excluding carboxylic acids is 1. The lowest BCUT2D eigenvalue weighted by Gasteiger charge is -2.35. The molecule has 1 aromatic heterocycles. The van der Waals surface area contributed by atoms with Gasteiger partial charge in [0.25, 0.3) is 0 Å². The molecule has 0 bridgehead atoms. The zero-order valence-corrected chi connectivity index (χ0v) is 14.5. The Morgan fingerprint density at radius 1 is 1.23 bits per heavy atom. The van der Waals surface area contributed by atoms with E-state index in [-0.39, 0.29) is 30.7 Å². The van der Waals surface area contributed by atoms with Crippen molar-refractivity contribution in [3.8, 4) is 0 Å². The lowest BCUT2D eigenvalue weighted by atomic mass is 9.88. The Morgan fingerprint density at radius 3 is 2.59 bits per heavy atom. The van der Waals surface area contributed by atoms with Crippen LogP contribution in [-0.2, 0) is 11.3 Å². The molecule has 3 rings (SSSR count). The van der Waals surface area contributed by atoms with E-state index in [0.29, 0.717) is 19.0 Å². The van der Waals surface area contributed by atoms with Gasteiger partial charge in [-0.05, 0) is 44.2 Å². The van der Waals surface area contributed by atoms with E-state index in [1.807, 2.05) is 21.8 Å². The van der Waals surface area contributed by atoms with Crippen molar-refractivity contribution in [2.45, 2.75) is 44.7 Å². The first-order chi connectivity index (χ1) is 9.83. The quantitative estimate of drug-likeness (QED) is 0.906. The van der Waals surface area contributed by atoms with Crippen LogP contribution in [0.25, 0.3) is 0 Å². The Balaban J connectivity index is 0.00000121. The van der Waals surface area contributed by atoms with E-state index in [1.165, 1.54) is 19.4 Å². The van der Waals surface area contributed by atoms with Crippen molar-refractivity contribution in [3.63, 3.8) is 0 Å². The van der Waals surface area contributed by atoms with Gasteiger partial charge in [0.2, 0.25) is 5.91 Å². The molecule has 0 aromatic carbocycles. The van der Waals surface area contributed by atoms with Crippen molar-refractivity contribution in [3.05, 3.63) is 18.5 Å². The number of carbonyl (C=O) groups is 1. The standard InChI is InChI=1S/C15H24N4O.2ClH/c20-15(6-12-19-9-2-8-17-19)18-10-4-13(5-11-18)14-3-1-7-16-14;;/h2,8-9,13-14,16H,1,3-7,10-12H2;2*1H. The Bertz CT molecular complexity index is 427. The van der Waals surface area contributed by atoms with Crippen LogP contribution in [0.3, 0.4) is 0 Å². The molecule has 22 heavy (non-hydrogen) atoms. The number of aryl methyl sites for hydroxylation is 1. The molecule has 2 saturated heterocycles. The molecule has 3 heterocycles. The predicted molar refractivity (Wildman–Crippen MR) is 91.7 cm³/mol. The molecule has 0 spiro atoms. The summed E-state index contributed by atoms with van der Waals surface area (Å²) >= 11 is 0. The minimum atomic E-state index is 0. The Hall–Kier alpha value is -0.780. The summed E-state index contributed by atoms with van der Waals surface area (Å²) in [6.07, 6.45) is 9.17. The summed E-state index contributed by atoms with van der Waals surface area (Å²) in [6, 6.07) is 2.60. The second kappa shape index (κ2) is 9.38. The zero-order chi connectivity index (χ0) is 13.8. The van der Waals surface area contributed by atoms with Crippen molar-refractivity contribution < 1.29 is 4.79 Å². The van der Waals surface area contributed by atoms with Gasteiger partial charge in [-0.25, -0.2) is 0 Å². The number of amides is 1. The van der Waals surface area contributed by atoms with Crippen LogP contribution in [0.2, 0.25) is 0 Å². The van der Waals surface area contributed by atoms with E-state index in [4.69, 9.17) is 0 Å². The average molecular weight is 349 g/mol. The fraction of sp³-hybridized carbons (Fsp3) is 0.733. The molecular formula is C15H26Cl2N4O. The van der Waals surface area contributed by atoms with Gasteiger partial charge in [-0.2, -0.15) is 5.10 Å². The van der Waals surface area contributed by atoms with Crippen molar-refractivity contribution >= 4 is 30.7 Å². The number of nitrogens with zero attached hydrogens (tertiary/aromatic N) is 3. The third-order valence-corrected chi connectivity index (χ3v) is 4.67. The van der Waals surface area contributed by atoms with Crippen LogP contribution in [0.15, 0.2) is 18.5 Å². The van der Waals surface area contributed by atoms with Crippen molar-refractivity contribution in [2.75, 3.05) is 19.6 Å². The maximum absolute atomic E-state index is 12.2. The topological polar surface area (TPSA) is 50.2 Å². The van der Waals surface area contributed by atoms with E-state index in [0.717, 1.165) is 31.8 Å². The molecular weight excluding hydrogens is 323 g/mol. The van der Waals surface area contributed by atoms with Crippen LogP contribution in [-0.4, -0.2) is 46.3 Å². The number of rotatable bonds is 4. The molecule has 7 heteroatoms. The highest BCUT2D eigenvalue weighted by molar-refractivity contribution is 5.85. The Morgan fingerprint density at radius 2 is 2.00 bits per heavy atom. The summed E-state index contributed by atoms with van der Waals surface area (Å²) < 4.78 is 1.83. The molecule has 2 aliphatic rings. The Kier molecular flexibility index (Phi) is 8.21. The van der Waals surface area contributed by atoms with E-state index >= 15 is 0 Å². The molecule has 126 valence electrons. The van der Waals surface area contributed by atoms with Crippen LogP contribution in [0.5, 0.6) is 0 Å². The summed E-state index contributed by atoms with van der Waals surface area (Å²) in [5.41, 5.74) is 0. The third kappa shape index (κ3) is 4.86. The van der Waals surface area contributed by atoms with Gasteiger partial charge >= 0.3 is 0 Å². The number of hydrogen-bond donors (Lipinski definition) is 1. The summed E-state index contributed by atoms with van der Waals surface area (Å²) in [4.78, 5) is 14.2. The van der Waals surface area contributed by atoms with E-state index in [9.17, 15) is 4.79 Å². The number of halogens is 2. The van der Waals surface area contributed by atoms with Crippen LogP contribution in [0, 0.1) is 5.92 Å². The zero-order valence-electron chi connectivity index (χ0n) is 12.8. The first-order valence-electron chi connectivity index (χ1n) is 7.81. The minimum Gasteiger partial charge on any atom is -0.343 e. The van der Waals surface area contributed by atoms with Gasteiger partial charge in [0.05, 0.1) is 0 Å². The largest absolute Gasteiger partial charge is 0.343 e.